The minimum absolute atomic E-state index is 0.843. The highest BCUT2D eigenvalue weighted by molar-refractivity contribution is 5.69. The lowest BCUT2D eigenvalue weighted by molar-refractivity contribution is -0.105. The van der Waals surface area contributed by atoms with Gasteiger partial charge in [-0.1, -0.05) is 6.07 Å². The van der Waals surface area contributed by atoms with E-state index in [0.29, 0.717) is 0 Å². The fourth-order valence-electron chi connectivity index (χ4n) is 1.58. The number of rotatable bonds is 1. The van der Waals surface area contributed by atoms with Crippen LogP contribution < -0.4 is 5.32 Å². The lowest BCUT2D eigenvalue weighted by Crippen LogP contribution is -2.50. The minimum Gasteiger partial charge on any atom is -0.443 e. The van der Waals surface area contributed by atoms with Crippen LogP contribution in [0.3, 0.4) is 0 Å². The summed E-state index contributed by atoms with van der Waals surface area (Å²) < 4.78 is 57.6. The van der Waals surface area contributed by atoms with Crippen molar-refractivity contribution in [1.29, 1.82) is 0 Å². The molecule has 1 N–H and O–H groups in total. The van der Waals surface area contributed by atoms with Crippen LogP contribution >= 0.6 is 0 Å². The predicted octanol–water partition coefficient (Wildman–Crippen LogP) is 2.38. The molecule has 0 unspecified atom stereocenters. The monoisotopic (exact) mass is 249 g/mol. The second-order valence-electron chi connectivity index (χ2n) is 3.55. The molecule has 1 atom stereocenters. The third-order valence-corrected chi connectivity index (χ3v) is 2.37. The molecule has 1 fully saturated rings. The first kappa shape index (κ1) is 11.7. The van der Waals surface area contributed by atoms with E-state index in [1.165, 1.54) is 0 Å². The van der Waals surface area contributed by atoms with Gasteiger partial charge in [0.1, 0.15) is 17.7 Å². The van der Waals surface area contributed by atoms with Gasteiger partial charge < -0.3 is 10.1 Å². The van der Waals surface area contributed by atoms with Gasteiger partial charge in [0.2, 0.25) is 0 Å². The fraction of sp³-hybridized carbons (Fsp3) is 0.300. The second-order valence-corrected chi connectivity index (χ2v) is 3.55. The van der Waals surface area contributed by atoms with E-state index in [4.69, 9.17) is 0 Å². The topological polar surface area (TPSA) is 38.3 Å². The summed E-state index contributed by atoms with van der Waals surface area (Å²) in [4.78, 5) is 10.8. The molecule has 1 aromatic carbocycles. The van der Waals surface area contributed by atoms with E-state index >= 15 is 0 Å². The van der Waals surface area contributed by atoms with Gasteiger partial charge >= 0.3 is 12.0 Å². The van der Waals surface area contributed by atoms with Gasteiger partial charge in [0.05, 0.1) is 5.56 Å². The quantitative estimate of drug-likeness (QED) is 0.776. The van der Waals surface area contributed by atoms with Crippen molar-refractivity contribution >= 4 is 6.09 Å². The van der Waals surface area contributed by atoms with Crippen LogP contribution in [0.2, 0.25) is 0 Å². The standard InChI is InChI=1S/C10H7F4NO2/c11-5-2-1-3-6(12)7(5)8-10(13,14)4-17-9(16)15-8/h1-3,8H,4H2,(H,15,16)/t8-/m0/s1. The normalized spacial score (nSPS) is 22.8. The first-order valence-electron chi connectivity index (χ1n) is 4.67. The van der Waals surface area contributed by atoms with E-state index < -0.39 is 41.9 Å². The van der Waals surface area contributed by atoms with Gasteiger partial charge in [-0.15, -0.1) is 0 Å². The average molecular weight is 249 g/mol. The average Bonchev–Trinajstić information content (AvgIpc) is 2.23. The smallest absolute Gasteiger partial charge is 0.408 e. The Balaban J connectivity index is 2.46. The number of cyclic esters (lactones) is 1. The Labute approximate surface area is 93.4 Å². The molecule has 0 aliphatic carbocycles. The molecule has 1 saturated heterocycles. The number of amides is 1. The lowest BCUT2D eigenvalue weighted by Gasteiger charge is -2.32. The molecule has 3 nitrogen and oxygen atoms in total. The molecule has 1 amide bonds. The van der Waals surface area contributed by atoms with Gasteiger partial charge in [0.25, 0.3) is 0 Å². The predicted molar refractivity (Wildman–Crippen MR) is 48.5 cm³/mol. The number of alkyl carbamates (subject to hydrolysis) is 1. The molecule has 0 aromatic heterocycles. The maximum Gasteiger partial charge on any atom is 0.408 e. The number of alkyl halides is 2. The number of nitrogens with one attached hydrogen (secondary N) is 1. The number of benzene rings is 1. The molecule has 0 saturated carbocycles. The zero-order valence-corrected chi connectivity index (χ0v) is 8.34. The molecule has 92 valence electrons. The number of carbonyl (C=O) groups excluding carboxylic acids is 1. The molecule has 1 heterocycles. The fourth-order valence-corrected chi connectivity index (χ4v) is 1.58. The molecule has 1 aliphatic heterocycles. The molecular formula is C10H7F4NO2. The minimum atomic E-state index is -3.57. The Morgan fingerprint density at radius 3 is 2.47 bits per heavy atom. The van der Waals surface area contributed by atoms with Crippen LogP contribution in [0, 0.1) is 11.6 Å². The summed E-state index contributed by atoms with van der Waals surface area (Å²) in [6.07, 6.45) is -1.14. The summed E-state index contributed by atoms with van der Waals surface area (Å²) in [7, 11) is 0. The first-order chi connectivity index (χ1) is 7.92. The number of hydrogen-bond acceptors (Lipinski definition) is 2. The summed E-state index contributed by atoms with van der Waals surface area (Å²) >= 11 is 0. The van der Waals surface area contributed by atoms with E-state index in [-0.39, 0.29) is 0 Å². The first-order valence-corrected chi connectivity index (χ1v) is 4.67. The van der Waals surface area contributed by atoms with E-state index in [1.807, 2.05) is 0 Å². The summed E-state index contributed by atoms with van der Waals surface area (Å²) in [5, 5.41) is 1.71. The van der Waals surface area contributed by atoms with Crippen molar-refractivity contribution in [2.75, 3.05) is 6.61 Å². The van der Waals surface area contributed by atoms with Gasteiger partial charge in [0.15, 0.2) is 6.61 Å². The number of carbonyl (C=O) groups is 1. The van der Waals surface area contributed by atoms with Crippen molar-refractivity contribution in [1.82, 2.24) is 5.32 Å². The molecule has 7 heteroatoms. The third kappa shape index (κ3) is 2.04. The zero-order chi connectivity index (χ0) is 12.6. The molecule has 1 aromatic rings. The van der Waals surface area contributed by atoms with Gasteiger partial charge in [0, 0.05) is 0 Å². The van der Waals surface area contributed by atoms with E-state index in [0.717, 1.165) is 18.2 Å². The Morgan fingerprint density at radius 2 is 1.88 bits per heavy atom. The summed E-state index contributed by atoms with van der Waals surface area (Å²) in [5.74, 6) is -5.86. The maximum atomic E-state index is 13.4. The zero-order valence-electron chi connectivity index (χ0n) is 8.34. The molecule has 0 radical (unpaired) electrons. The van der Waals surface area contributed by atoms with Crippen molar-refractivity contribution in [3.8, 4) is 0 Å². The van der Waals surface area contributed by atoms with Crippen LogP contribution in [0.15, 0.2) is 18.2 Å². The Kier molecular flexibility index (Phi) is 2.68. The molecule has 0 spiro atoms. The molecule has 17 heavy (non-hydrogen) atoms. The van der Waals surface area contributed by atoms with Gasteiger partial charge in [-0.2, -0.15) is 0 Å². The van der Waals surface area contributed by atoms with Crippen LogP contribution in [-0.4, -0.2) is 18.6 Å². The number of hydrogen-bond donors (Lipinski definition) is 1. The number of halogens is 4. The summed E-state index contributed by atoms with van der Waals surface area (Å²) in [5.41, 5.74) is -0.867. The molecule has 0 bridgehead atoms. The lowest BCUT2D eigenvalue weighted by atomic mass is 9.99. The van der Waals surface area contributed by atoms with Crippen molar-refractivity contribution in [2.24, 2.45) is 0 Å². The highest BCUT2D eigenvalue weighted by Gasteiger charge is 2.48. The van der Waals surface area contributed by atoms with Gasteiger partial charge in [-0.25, -0.2) is 22.4 Å². The Morgan fingerprint density at radius 1 is 1.29 bits per heavy atom. The van der Waals surface area contributed by atoms with E-state index in [1.54, 1.807) is 5.32 Å². The van der Waals surface area contributed by atoms with Crippen molar-refractivity contribution in [2.45, 2.75) is 12.0 Å². The summed E-state index contributed by atoms with van der Waals surface area (Å²) in [6, 6.07) is 0.671. The van der Waals surface area contributed by atoms with E-state index in [2.05, 4.69) is 4.74 Å². The largest absolute Gasteiger partial charge is 0.443 e. The summed E-state index contributed by atoms with van der Waals surface area (Å²) in [6.45, 7) is -1.21. The van der Waals surface area contributed by atoms with Crippen molar-refractivity contribution in [3.05, 3.63) is 35.4 Å². The van der Waals surface area contributed by atoms with Crippen LogP contribution in [-0.2, 0) is 4.74 Å². The van der Waals surface area contributed by atoms with Crippen LogP contribution in [0.5, 0.6) is 0 Å². The Bertz CT molecular complexity index is 443. The van der Waals surface area contributed by atoms with Crippen molar-refractivity contribution < 1.29 is 27.1 Å². The molecule has 1 aliphatic rings. The number of ether oxygens (including phenoxy) is 1. The molecular weight excluding hydrogens is 242 g/mol. The highest BCUT2D eigenvalue weighted by atomic mass is 19.3. The SMILES string of the molecule is O=C1N[C@@H](c2c(F)cccc2F)C(F)(F)CO1. The maximum absolute atomic E-state index is 13.4. The third-order valence-electron chi connectivity index (χ3n) is 2.37. The van der Waals surface area contributed by atoms with Crippen LogP contribution in [0.1, 0.15) is 11.6 Å². The van der Waals surface area contributed by atoms with Crippen molar-refractivity contribution in [3.63, 3.8) is 0 Å². The molecule has 2 rings (SSSR count). The van der Waals surface area contributed by atoms with Crippen LogP contribution in [0.25, 0.3) is 0 Å². The van der Waals surface area contributed by atoms with Crippen LogP contribution in [0.4, 0.5) is 22.4 Å². The van der Waals surface area contributed by atoms with Gasteiger partial charge in [-0.3, -0.25) is 0 Å². The Hall–Kier alpha value is -1.79. The van der Waals surface area contributed by atoms with E-state index in [9.17, 15) is 22.4 Å². The highest BCUT2D eigenvalue weighted by Crippen LogP contribution is 2.36. The van der Waals surface area contributed by atoms with Gasteiger partial charge in [-0.05, 0) is 12.1 Å². The second kappa shape index (κ2) is 3.90.